The third-order valence-corrected chi connectivity index (χ3v) is 5.18. The van der Waals surface area contributed by atoms with Gasteiger partial charge in [-0.25, -0.2) is 13.4 Å². The monoisotopic (exact) mass is 320 g/mol. The van der Waals surface area contributed by atoms with Crippen LogP contribution in [0.1, 0.15) is 26.7 Å². The first-order valence-electron chi connectivity index (χ1n) is 6.11. The number of hydrogen-bond donors (Lipinski definition) is 1. The summed E-state index contributed by atoms with van der Waals surface area (Å²) in [6, 6.07) is 2.58. The number of aromatic nitrogens is 1. The molecule has 1 N–H and O–H groups in total. The van der Waals surface area contributed by atoms with E-state index in [1.165, 1.54) is 22.6 Å². The number of carboxylic acid groups (broad SMARTS) is 1. The van der Waals surface area contributed by atoms with E-state index in [1.807, 2.05) is 0 Å². The Balaban J connectivity index is 3.01. The predicted molar refractivity (Wildman–Crippen MR) is 75.1 cm³/mol. The zero-order valence-electron chi connectivity index (χ0n) is 11.3. The SMILES string of the molecule is CC(C)N(CCCC(=O)O)S(=O)(=O)c1cccnc1Cl. The van der Waals surface area contributed by atoms with Crippen LogP contribution in [0.4, 0.5) is 0 Å². The van der Waals surface area contributed by atoms with E-state index < -0.39 is 16.0 Å². The van der Waals surface area contributed by atoms with Crippen molar-refractivity contribution in [2.45, 2.75) is 37.6 Å². The Morgan fingerprint density at radius 2 is 2.15 bits per heavy atom. The van der Waals surface area contributed by atoms with Crippen molar-refractivity contribution in [3.05, 3.63) is 23.5 Å². The molecule has 0 aliphatic carbocycles. The molecule has 1 aromatic rings. The number of nitrogens with zero attached hydrogens (tertiary/aromatic N) is 2. The Morgan fingerprint density at radius 3 is 2.65 bits per heavy atom. The minimum absolute atomic E-state index is 0.0642. The molecule has 0 radical (unpaired) electrons. The summed E-state index contributed by atoms with van der Waals surface area (Å²) in [5.74, 6) is -0.953. The van der Waals surface area contributed by atoms with Crippen molar-refractivity contribution in [3.63, 3.8) is 0 Å². The normalized spacial score (nSPS) is 12.1. The molecule has 112 valence electrons. The van der Waals surface area contributed by atoms with Crippen molar-refractivity contribution in [2.75, 3.05) is 6.54 Å². The lowest BCUT2D eigenvalue weighted by Gasteiger charge is -2.25. The van der Waals surface area contributed by atoms with E-state index in [0.29, 0.717) is 0 Å². The zero-order chi connectivity index (χ0) is 15.3. The number of rotatable bonds is 7. The second-order valence-electron chi connectivity index (χ2n) is 4.50. The van der Waals surface area contributed by atoms with Gasteiger partial charge in [-0.05, 0) is 32.4 Å². The lowest BCUT2D eigenvalue weighted by Crippen LogP contribution is -2.38. The highest BCUT2D eigenvalue weighted by Crippen LogP contribution is 2.24. The Hall–Kier alpha value is -1.18. The van der Waals surface area contributed by atoms with Gasteiger partial charge in [0.1, 0.15) is 10.0 Å². The predicted octanol–water partition coefficient (Wildman–Crippen LogP) is 2.00. The second-order valence-corrected chi connectivity index (χ2v) is 6.72. The Bertz CT molecular complexity index is 575. The van der Waals surface area contributed by atoms with Crippen LogP contribution in [0.15, 0.2) is 23.2 Å². The minimum Gasteiger partial charge on any atom is -0.481 e. The fourth-order valence-electron chi connectivity index (χ4n) is 1.73. The van der Waals surface area contributed by atoms with Gasteiger partial charge in [0, 0.05) is 25.2 Å². The highest BCUT2D eigenvalue weighted by Gasteiger charge is 2.29. The standard InChI is InChI=1S/C12H17ClN2O4S/c1-9(2)15(8-4-6-11(16)17)20(18,19)10-5-3-7-14-12(10)13/h3,5,7,9H,4,6,8H2,1-2H3,(H,16,17). The topological polar surface area (TPSA) is 87.6 Å². The van der Waals surface area contributed by atoms with Gasteiger partial charge in [0.2, 0.25) is 10.0 Å². The van der Waals surface area contributed by atoms with Crippen molar-refractivity contribution >= 4 is 27.6 Å². The van der Waals surface area contributed by atoms with Gasteiger partial charge < -0.3 is 5.11 Å². The number of halogens is 1. The van der Waals surface area contributed by atoms with Crippen molar-refractivity contribution in [1.29, 1.82) is 0 Å². The molecule has 0 aromatic carbocycles. The van der Waals surface area contributed by atoms with E-state index in [9.17, 15) is 13.2 Å². The van der Waals surface area contributed by atoms with Gasteiger partial charge in [-0.3, -0.25) is 4.79 Å². The van der Waals surface area contributed by atoms with E-state index in [4.69, 9.17) is 16.7 Å². The van der Waals surface area contributed by atoms with E-state index in [1.54, 1.807) is 13.8 Å². The molecule has 0 fully saturated rings. The zero-order valence-corrected chi connectivity index (χ0v) is 12.9. The summed E-state index contributed by atoms with van der Waals surface area (Å²) in [4.78, 5) is 14.2. The summed E-state index contributed by atoms with van der Waals surface area (Å²) in [7, 11) is -3.78. The lowest BCUT2D eigenvalue weighted by molar-refractivity contribution is -0.137. The molecule has 0 saturated heterocycles. The molecule has 6 nitrogen and oxygen atoms in total. The number of pyridine rings is 1. The molecular formula is C12H17ClN2O4S. The minimum atomic E-state index is -3.78. The average Bonchev–Trinajstić information content (AvgIpc) is 2.33. The van der Waals surface area contributed by atoms with E-state index in [0.717, 1.165) is 0 Å². The van der Waals surface area contributed by atoms with E-state index in [-0.39, 0.29) is 35.5 Å². The van der Waals surface area contributed by atoms with Gasteiger partial charge in [0.15, 0.2) is 0 Å². The van der Waals surface area contributed by atoms with Crippen molar-refractivity contribution in [2.24, 2.45) is 0 Å². The molecule has 20 heavy (non-hydrogen) atoms. The van der Waals surface area contributed by atoms with Gasteiger partial charge in [-0.15, -0.1) is 0 Å². The summed E-state index contributed by atoms with van der Waals surface area (Å²) in [6.45, 7) is 3.57. The number of sulfonamides is 1. The smallest absolute Gasteiger partial charge is 0.303 e. The lowest BCUT2D eigenvalue weighted by atomic mass is 10.3. The molecule has 1 heterocycles. The van der Waals surface area contributed by atoms with Crippen LogP contribution in [0, 0.1) is 0 Å². The number of carboxylic acids is 1. The van der Waals surface area contributed by atoms with Gasteiger partial charge in [-0.2, -0.15) is 4.31 Å². The summed E-state index contributed by atoms with van der Waals surface area (Å²) in [5, 5.41) is 8.54. The van der Waals surface area contributed by atoms with Crippen LogP contribution < -0.4 is 0 Å². The van der Waals surface area contributed by atoms with Crippen LogP contribution in [-0.4, -0.2) is 41.4 Å². The molecule has 0 atom stereocenters. The van der Waals surface area contributed by atoms with Crippen LogP contribution >= 0.6 is 11.6 Å². The van der Waals surface area contributed by atoms with E-state index >= 15 is 0 Å². The molecule has 0 spiro atoms. The summed E-state index contributed by atoms with van der Waals surface area (Å²) in [5.41, 5.74) is 0. The molecule has 1 rings (SSSR count). The van der Waals surface area contributed by atoms with Crippen molar-refractivity contribution in [3.8, 4) is 0 Å². The number of hydrogen-bond acceptors (Lipinski definition) is 4. The van der Waals surface area contributed by atoms with Gasteiger partial charge >= 0.3 is 5.97 Å². The number of aliphatic carboxylic acids is 1. The van der Waals surface area contributed by atoms with Crippen molar-refractivity contribution < 1.29 is 18.3 Å². The maximum absolute atomic E-state index is 12.5. The molecule has 0 aliphatic rings. The fraction of sp³-hybridized carbons (Fsp3) is 0.500. The number of carbonyl (C=O) groups is 1. The first-order valence-corrected chi connectivity index (χ1v) is 7.92. The molecule has 0 saturated carbocycles. The van der Waals surface area contributed by atoms with Gasteiger partial charge in [0.25, 0.3) is 0 Å². The first-order chi connectivity index (χ1) is 9.26. The van der Waals surface area contributed by atoms with Crippen LogP contribution in [0.3, 0.4) is 0 Å². The van der Waals surface area contributed by atoms with Gasteiger partial charge in [-0.1, -0.05) is 11.6 Å². The molecule has 0 bridgehead atoms. The summed E-state index contributed by atoms with van der Waals surface area (Å²) in [6.07, 6.45) is 1.57. The highest BCUT2D eigenvalue weighted by molar-refractivity contribution is 7.89. The molecule has 0 unspecified atom stereocenters. The van der Waals surface area contributed by atoms with E-state index in [2.05, 4.69) is 4.98 Å². The van der Waals surface area contributed by atoms with Crippen LogP contribution in [0.2, 0.25) is 5.15 Å². The van der Waals surface area contributed by atoms with Crippen LogP contribution in [0.25, 0.3) is 0 Å². The Kier molecular flexibility index (Phi) is 5.91. The quantitative estimate of drug-likeness (QED) is 0.776. The third kappa shape index (κ3) is 4.16. The van der Waals surface area contributed by atoms with Crippen LogP contribution in [0.5, 0.6) is 0 Å². The molecular weight excluding hydrogens is 304 g/mol. The first kappa shape index (κ1) is 16.9. The summed E-state index contributed by atoms with van der Waals surface area (Å²) < 4.78 is 26.3. The Labute approximate surface area is 123 Å². The highest BCUT2D eigenvalue weighted by atomic mass is 35.5. The largest absolute Gasteiger partial charge is 0.481 e. The van der Waals surface area contributed by atoms with Crippen LogP contribution in [-0.2, 0) is 14.8 Å². The maximum atomic E-state index is 12.5. The Morgan fingerprint density at radius 1 is 1.50 bits per heavy atom. The molecule has 0 aliphatic heterocycles. The second kappa shape index (κ2) is 7.01. The third-order valence-electron chi connectivity index (χ3n) is 2.66. The fourth-order valence-corrected chi connectivity index (χ4v) is 3.84. The van der Waals surface area contributed by atoms with Gasteiger partial charge in [0.05, 0.1) is 0 Å². The molecule has 0 amide bonds. The summed E-state index contributed by atoms with van der Waals surface area (Å²) >= 11 is 5.83. The maximum Gasteiger partial charge on any atom is 0.303 e. The average molecular weight is 321 g/mol. The van der Waals surface area contributed by atoms with Crippen molar-refractivity contribution in [1.82, 2.24) is 9.29 Å². The molecule has 1 aromatic heterocycles. The molecule has 8 heteroatoms.